The lowest BCUT2D eigenvalue weighted by molar-refractivity contribution is 0.420. The fourth-order valence-corrected chi connectivity index (χ4v) is 15.0. The molecule has 0 saturated heterocycles. The largest absolute Gasteiger partial charge is 0.310 e. The molecule has 2 fully saturated rings. The van der Waals surface area contributed by atoms with Gasteiger partial charge in [-0.25, -0.2) is 0 Å². The van der Waals surface area contributed by atoms with Crippen LogP contribution < -0.4 is 9.80 Å². The van der Waals surface area contributed by atoms with E-state index in [1.807, 2.05) is 0 Å². The van der Waals surface area contributed by atoms with E-state index in [4.69, 9.17) is 0 Å². The van der Waals surface area contributed by atoms with Gasteiger partial charge in [0.1, 0.15) is 0 Å². The molecule has 82 heavy (non-hydrogen) atoms. The van der Waals surface area contributed by atoms with Crippen molar-refractivity contribution in [1.29, 1.82) is 0 Å². The second-order valence-electron chi connectivity index (χ2n) is 24.3. The lowest BCUT2D eigenvalue weighted by Gasteiger charge is -2.32. The molecule has 18 rings (SSSR count). The minimum absolute atomic E-state index is 0.216. The summed E-state index contributed by atoms with van der Waals surface area (Å²) in [6, 6.07) is 98.8. The summed E-state index contributed by atoms with van der Waals surface area (Å²) in [5.74, 6) is 2.49. The van der Waals surface area contributed by atoms with Gasteiger partial charge in [-0.3, -0.25) is 0 Å². The molecular formula is C80H68N2. The molecule has 0 spiro atoms. The van der Waals surface area contributed by atoms with Crippen LogP contribution in [0.15, 0.2) is 261 Å². The Kier molecular flexibility index (Phi) is 12.7. The predicted molar refractivity (Wildman–Crippen MR) is 345 cm³/mol. The van der Waals surface area contributed by atoms with Crippen LogP contribution in [0, 0.1) is 11.8 Å². The van der Waals surface area contributed by atoms with Gasteiger partial charge in [0.15, 0.2) is 0 Å². The van der Waals surface area contributed by atoms with Crippen molar-refractivity contribution >= 4 is 34.1 Å². The SMILES string of the molecule is CC1(C)c2ccccc2-c2c(-c3ccccc3)cc(N(c3ccc(-c4c(-c5ccccc5)cccc4-c4ccccc4)cc3)c3cc4ccc3CCc3ccc(c(N(c5ccccc5)c5ccc(C6CC7CCC6C7)cc5)c3)CC4)cc21. The molecule has 3 unspecified atom stereocenters. The molecule has 0 N–H and O–H groups in total. The molecule has 0 amide bonds. The average Bonchev–Trinajstić information content (AvgIpc) is 3.05. The van der Waals surface area contributed by atoms with Gasteiger partial charge in [-0.2, -0.15) is 0 Å². The Balaban J connectivity index is 0.868. The number of fused-ring (bicyclic) bond motifs is 5. The molecule has 7 aliphatic carbocycles. The fraction of sp³-hybridized carbons (Fsp3) is 0.175. The summed E-state index contributed by atoms with van der Waals surface area (Å²) in [5.41, 5.74) is 29.1. The Hall–Kier alpha value is -8.98. The van der Waals surface area contributed by atoms with Crippen LogP contribution in [-0.2, 0) is 31.1 Å². The van der Waals surface area contributed by atoms with E-state index in [9.17, 15) is 0 Å². The Morgan fingerprint density at radius 3 is 1.40 bits per heavy atom. The van der Waals surface area contributed by atoms with Crippen molar-refractivity contribution in [3.8, 4) is 55.6 Å². The van der Waals surface area contributed by atoms with E-state index in [2.05, 4.69) is 285 Å². The van der Waals surface area contributed by atoms with Crippen LogP contribution in [0.4, 0.5) is 34.1 Å². The lowest BCUT2D eigenvalue weighted by atomic mass is 9.81. The van der Waals surface area contributed by atoms with E-state index < -0.39 is 0 Å². The molecule has 6 bridgehead atoms. The summed E-state index contributed by atoms with van der Waals surface area (Å²) in [4.78, 5) is 5.14. The first-order valence-corrected chi connectivity index (χ1v) is 30.1. The zero-order chi connectivity index (χ0) is 54.7. The Labute approximate surface area is 485 Å². The van der Waals surface area contributed by atoms with E-state index in [0.29, 0.717) is 5.92 Å². The minimum Gasteiger partial charge on any atom is -0.310 e. The average molecular weight is 1060 g/mol. The second kappa shape index (κ2) is 20.8. The van der Waals surface area contributed by atoms with Gasteiger partial charge in [0.05, 0.1) is 0 Å². The number of aryl methyl sites for hydroxylation is 4. The van der Waals surface area contributed by atoms with Crippen molar-refractivity contribution in [3.05, 3.63) is 300 Å². The van der Waals surface area contributed by atoms with Gasteiger partial charge in [-0.1, -0.05) is 220 Å². The highest BCUT2D eigenvalue weighted by molar-refractivity contribution is 5.98. The maximum Gasteiger partial charge on any atom is 0.0496 e. The van der Waals surface area contributed by atoms with Crippen LogP contribution >= 0.6 is 0 Å². The number of hydrogen-bond donors (Lipinski definition) is 0. The quantitative estimate of drug-likeness (QED) is 0.127. The minimum atomic E-state index is -0.216. The van der Waals surface area contributed by atoms with Crippen molar-refractivity contribution in [2.45, 2.75) is 76.5 Å². The second-order valence-corrected chi connectivity index (χ2v) is 24.3. The Morgan fingerprint density at radius 1 is 0.341 bits per heavy atom. The van der Waals surface area contributed by atoms with Crippen LogP contribution in [0.1, 0.15) is 84.4 Å². The topological polar surface area (TPSA) is 6.48 Å². The lowest BCUT2D eigenvalue weighted by Crippen LogP contribution is -2.18. The number of rotatable bonds is 11. The molecule has 0 heterocycles. The van der Waals surface area contributed by atoms with E-state index >= 15 is 0 Å². The number of nitrogens with zero attached hydrogens (tertiary/aromatic N) is 2. The zero-order valence-electron chi connectivity index (χ0n) is 47.1. The monoisotopic (exact) mass is 1060 g/mol. The van der Waals surface area contributed by atoms with Gasteiger partial charge in [-0.05, 0) is 218 Å². The van der Waals surface area contributed by atoms with E-state index in [1.54, 1.807) is 0 Å². The van der Waals surface area contributed by atoms with E-state index in [-0.39, 0.29) is 5.41 Å². The van der Waals surface area contributed by atoms with Crippen LogP contribution in [0.5, 0.6) is 0 Å². The summed E-state index contributed by atoms with van der Waals surface area (Å²) in [6.07, 6.45) is 9.20. The summed E-state index contributed by atoms with van der Waals surface area (Å²) in [5, 5.41) is 0. The number of benzene rings is 11. The molecular weight excluding hydrogens is 989 g/mol. The van der Waals surface area contributed by atoms with Crippen LogP contribution in [0.3, 0.4) is 0 Å². The van der Waals surface area contributed by atoms with Gasteiger partial charge >= 0.3 is 0 Å². The third-order valence-corrected chi connectivity index (χ3v) is 19.1. The fourth-order valence-electron chi connectivity index (χ4n) is 15.0. The summed E-state index contributed by atoms with van der Waals surface area (Å²) < 4.78 is 0. The van der Waals surface area contributed by atoms with Crippen LogP contribution in [0.25, 0.3) is 55.6 Å². The molecule has 11 aromatic carbocycles. The summed E-state index contributed by atoms with van der Waals surface area (Å²) in [7, 11) is 0. The summed E-state index contributed by atoms with van der Waals surface area (Å²) in [6.45, 7) is 4.84. The highest BCUT2D eigenvalue weighted by Crippen LogP contribution is 2.56. The summed E-state index contributed by atoms with van der Waals surface area (Å²) >= 11 is 0. The molecule has 2 heteroatoms. The van der Waals surface area contributed by atoms with Gasteiger partial charge in [0, 0.05) is 39.5 Å². The molecule has 11 aromatic rings. The van der Waals surface area contributed by atoms with Gasteiger partial charge in [-0.15, -0.1) is 0 Å². The van der Waals surface area contributed by atoms with E-state index in [0.717, 1.165) is 43.2 Å². The molecule has 0 radical (unpaired) electrons. The predicted octanol–water partition coefficient (Wildman–Crippen LogP) is 21.4. The number of para-hydroxylation sites is 1. The van der Waals surface area contributed by atoms with Crippen molar-refractivity contribution < 1.29 is 0 Å². The van der Waals surface area contributed by atoms with Crippen molar-refractivity contribution in [2.75, 3.05) is 9.80 Å². The smallest absolute Gasteiger partial charge is 0.0496 e. The Bertz CT molecular complexity index is 4070. The van der Waals surface area contributed by atoms with Crippen molar-refractivity contribution in [2.24, 2.45) is 11.8 Å². The van der Waals surface area contributed by atoms with Crippen LogP contribution in [-0.4, -0.2) is 0 Å². The standard InChI is InChI=1S/C80H68N2/c1-80(2)74-29-16-15-26-71(74)79-73(59-22-11-5-12-23-59)52-68(53-75(79)80)82(67-46-42-63(43-47-67)78-69(57-18-7-3-8-19-57)27-17-28-70(78)58-20-9-4-10-21-58)77-51-55-31-36-61-35-30-54(32-37-62(77)38-33-55)50-76(61)81(65-24-13-6-14-25-65)66-44-40-60(41-45-66)72-49-56-34-39-64(72)48-56/h3-30,33,35,38,40-47,50-53,56,64,72H,31-32,34,36-37,39,48-49H2,1-2H3. The van der Waals surface area contributed by atoms with Gasteiger partial charge in [0.2, 0.25) is 0 Å². The molecule has 2 saturated carbocycles. The zero-order valence-corrected chi connectivity index (χ0v) is 47.1. The maximum atomic E-state index is 2.60. The van der Waals surface area contributed by atoms with E-state index in [1.165, 1.54) is 149 Å². The maximum absolute atomic E-state index is 2.60. The number of anilines is 6. The van der Waals surface area contributed by atoms with Crippen molar-refractivity contribution in [3.63, 3.8) is 0 Å². The van der Waals surface area contributed by atoms with Gasteiger partial charge in [0.25, 0.3) is 0 Å². The third kappa shape index (κ3) is 8.97. The first-order valence-electron chi connectivity index (χ1n) is 30.1. The van der Waals surface area contributed by atoms with Crippen molar-refractivity contribution in [1.82, 2.24) is 0 Å². The normalized spacial score (nSPS) is 17.2. The first kappa shape index (κ1) is 50.0. The molecule has 0 aromatic heterocycles. The highest BCUT2D eigenvalue weighted by Gasteiger charge is 2.41. The highest BCUT2D eigenvalue weighted by atomic mass is 15.2. The third-order valence-electron chi connectivity index (χ3n) is 19.1. The first-order chi connectivity index (χ1) is 40.4. The molecule has 398 valence electrons. The number of hydrogen-bond acceptors (Lipinski definition) is 2. The van der Waals surface area contributed by atoms with Crippen LogP contribution in [0.2, 0.25) is 0 Å². The van der Waals surface area contributed by atoms with Gasteiger partial charge < -0.3 is 9.80 Å². The Morgan fingerprint density at radius 2 is 0.841 bits per heavy atom. The molecule has 0 aliphatic heterocycles. The molecule has 7 aliphatic rings. The molecule has 3 atom stereocenters. The molecule has 2 nitrogen and oxygen atoms in total.